The number of hydrogen-bond donors (Lipinski definition) is 4. The molecule has 156 valence electrons. The molecule has 1 unspecified atom stereocenters. The Morgan fingerprint density at radius 3 is 2.77 bits per heavy atom. The van der Waals surface area contributed by atoms with Gasteiger partial charge in [0.15, 0.2) is 0 Å². The van der Waals surface area contributed by atoms with Crippen molar-refractivity contribution in [3.63, 3.8) is 0 Å². The summed E-state index contributed by atoms with van der Waals surface area (Å²) in [6.45, 7) is 2.46. The number of aliphatic hydroxyl groups is 1. The number of aliphatic hydroxyl groups excluding tert-OH is 1. The Morgan fingerprint density at radius 1 is 1.03 bits per heavy atom. The molecule has 0 saturated heterocycles. The van der Waals surface area contributed by atoms with Gasteiger partial charge in [-0.1, -0.05) is 12.1 Å². The molecule has 30 heavy (non-hydrogen) atoms. The number of benzene rings is 2. The number of sulfonamides is 1. The zero-order valence-electron chi connectivity index (χ0n) is 16.4. The molecule has 0 fully saturated rings. The molecule has 0 aliphatic heterocycles. The van der Waals surface area contributed by atoms with Gasteiger partial charge in [0, 0.05) is 42.3 Å². The predicted octanol–water partition coefficient (Wildman–Crippen LogP) is 2.10. The second-order valence-electron chi connectivity index (χ2n) is 7.30. The second kappa shape index (κ2) is 8.49. The van der Waals surface area contributed by atoms with E-state index < -0.39 is 16.1 Å². The van der Waals surface area contributed by atoms with Gasteiger partial charge in [0.2, 0.25) is 10.0 Å². The van der Waals surface area contributed by atoms with Gasteiger partial charge in [-0.05, 0) is 48.2 Å². The highest BCUT2D eigenvalue weighted by Gasteiger charge is 2.18. The summed E-state index contributed by atoms with van der Waals surface area (Å²) in [5, 5.41) is 23.0. The van der Waals surface area contributed by atoms with E-state index in [0.29, 0.717) is 13.1 Å². The first-order valence-corrected chi connectivity index (χ1v) is 11.1. The van der Waals surface area contributed by atoms with Crippen molar-refractivity contribution in [2.75, 3.05) is 13.1 Å². The first kappa shape index (κ1) is 20.4. The van der Waals surface area contributed by atoms with Crippen LogP contribution in [0.25, 0.3) is 21.7 Å². The van der Waals surface area contributed by atoms with E-state index in [1.54, 1.807) is 49.8 Å². The molecule has 8 nitrogen and oxygen atoms in total. The van der Waals surface area contributed by atoms with E-state index in [0.717, 1.165) is 27.2 Å². The SMILES string of the molecule is C[C@H](CNCC(O)c1ccc2[nH]ncc2c1)NS(=O)(=O)c1ccc2cnccc2c1. The summed E-state index contributed by atoms with van der Waals surface area (Å²) in [4.78, 5) is 4.25. The molecular weight excluding hydrogens is 402 g/mol. The molecule has 0 bridgehead atoms. The molecule has 2 aromatic carbocycles. The fourth-order valence-corrected chi connectivity index (χ4v) is 4.60. The van der Waals surface area contributed by atoms with Gasteiger partial charge in [0.1, 0.15) is 0 Å². The Kier molecular flexibility index (Phi) is 5.78. The molecule has 0 saturated carbocycles. The highest BCUT2D eigenvalue weighted by molar-refractivity contribution is 7.89. The molecule has 4 aromatic rings. The largest absolute Gasteiger partial charge is 0.387 e. The predicted molar refractivity (Wildman–Crippen MR) is 115 cm³/mol. The van der Waals surface area contributed by atoms with Crippen LogP contribution in [0.1, 0.15) is 18.6 Å². The number of nitrogens with one attached hydrogen (secondary N) is 3. The highest BCUT2D eigenvalue weighted by Crippen LogP contribution is 2.19. The Bertz CT molecular complexity index is 1270. The van der Waals surface area contributed by atoms with E-state index in [9.17, 15) is 13.5 Å². The highest BCUT2D eigenvalue weighted by atomic mass is 32.2. The summed E-state index contributed by atoms with van der Waals surface area (Å²) in [5.74, 6) is 0. The lowest BCUT2D eigenvalue weighted by Crippen LogP contribution is -2.40. The number of hydrogen-bond acceptors (Lipinski definition) is 6. The Morgan fingerprint density at radius 2 is 1.90 bits per heavy atom. The third-order valence-electron chi connectivity index (χ3n) is 4.92. The molecule has 2 atom stereocenters. The molecule has 0 amide bonds. The van der Waals surface area contributed by atoms with Gasteiger partial charge in [0.05, 0.1) is 22.7 Å². The molecule has 0 spiro atoms. The van der Waals surface area contributed by atoms with E-state index in [1.165, 1.54) is 0 Å². The smallest absolute Gasteiger partial charge is 0.240 e. The van der Waals surface area contributed by atoms with Crippen molar-refractivity contribution >= 4 is 31.7 Å². The van der Waals surface area contributed by atoms with Crippen molar-refractivity contribution in [3.8, 4) is 0 Å². The average molecular weight is 426 g/mol. The van der Waals surface area contributed by atoms with Crippen LogP contribution in [-0.4, -0.2) is 47.8 Å². The van der Waals surface area contributed by atoms with Crippen LogP contribution in [0, 0.1) is 0 Å². The Balaban J connectivity index is 1.33. The van der Waals surface area contributed by atoms with E-state index in [4.69, 9.17) is 0 Å². The van der Waals surface area contributed by atoms with E-state index in [-0.39, 0.29) is 10.9 Å². The Labute approximate surface area is 174 Å². The molecule has 2 heterocycles. The van der Waals surface area contributed by atoms with Crippen LogP contribution in [0.4, 0.5) is 0 Å². The summed E-state index contributed by atoms with van der Waals surface area (Å²) in [6.07, 6.45) is 4.33. The summed E-state index contributed by atoms with van der Waals surface area (Å²) in [6, 6.07) is 12.0. The lowest BCUT2D eigenvalue weighted by atomic mass is 10.1. The van der Waals surface area contributed by atoms with E-state index in [2.05, 4.69) is 25.2 Å². The number of nitrogens with zero attached hydrogens (tertiary/aromatic N) is 2. The minimum Gasteiger partial charge on any atom is -0.387 e. The lowest BCUT2D eigenvalue weighted by Gasteiger charge is -2.17. The standard InChI is InChI=1S/C21H23N5O3S/c1-14(10-23-13-21(27)16-3-5-20-18(8-16)12-24-25-20)26-30(28,29)19-4-2-17-11-22-7-6-15(17)9-19/h2-9,11-12,14,21,23,26-27H,10,13H2,1H3,(H,24,25)/t14-,21?/m1/s1. The van der Waals surface area contributed by atoms with Crippen molar-refractivity contribution < 1.29 is 13.5 Å². The van der Waals surface area contributed by atoms with Crippen molar-refractivity contribution in [1.29, 1.82) is 0 Å². The fourth-order valence-electron chi connectivity index (χ4n) is 3.33. The maximum atomic E-state index is 12.7. The van der Waals surface area contributed by atoms with Crippen molar-refractivity contribution in [3.05, 3.63) is 66.6 Å². The summed E-state index contributed by atoms with van der Waals surface area (Å²) < 4.78 is 28.1. The van der Waals surface area contributed by atoms with Gasteiger partial charge >= 0.3 is 0 Å². The van der Waals surface area contributed by atoms with Gasteiger partial charge in [-0.25, -0.2) is 13.1 Å². The Hall–Kier alpha value is -2.85. The third-order valence-corrected chi connectivity index (χ3v) is 6.50. The number of pyridine rings is 1. The maximum absolute atomic E-state index is 12.7. The van der Waals surface area contributed by atoms with Gasteiger partial charge in [-0.15, -0.1) is 0 Å². The first-order valence-electron chi connectivity index (χ1n) is 9.60. The molecule has 2 aromatic heterocycles. The zero-order valence-corrected chi connectivity index (χ0v) is 17.2. The molecule has 0 radical (unpaired) electrons. The third kappa shape index (κ3) is 4.49. The number of aromatic amines is 1. The number of fused-ring (bicyclic) bond motifs is 2. The average Bonchev–Trinajstić information content (AvgIpc) is 3.20. The topological polar surface area (TPSA) is 120 Å². The molecule has 0 aliphatic rings. The maximum Gasteiger partial charge on any atom is 0.240 e. The van der Waals surface area contributed by atoms with Crippen LogP contribution in [0.5, 0.6) is 0 Å². The molecular formula is C21H23N5O3S. The number of rotatable bonds is 8. The molecule has 0 aliphatic carbocycles. The van der Waals surface area contributed by atoms with E-state index in [1.807, 2.05) is 18.2 Å². The fraction of sp³-hybridized carbons (Fsp3) is 0.238. The van der Waals surface area contributed by atoms with Crippen LogP contribution in [0.3, 0.4) is 0 Å². The number of H-pyrrole nitrogens is 1. The van der Waals surface area contributed by atoms with Crippen LogP contribution >= 0.6 is 0 Å². The molecule has 4 N–H and O–H groups in total. The van der Waals surface area contributed by atoms with Crippen LogP contribution in [0.2, 0.25) is 0 Å². The quantitative estimate of drug-likeness (QED) is 0.343. The first-order chi connectivity index (χ1) is 14.4. The minimum absolute atomic E-state index is 0.210. The monoisotopic (exact) mass is 425 g/mol. The van der Waals surface area contributed by atoms with Crippen LogP contribution < -0.4 is 10.0 Å². The van der Waals surface area contributed by atoms with Crippen molar-refractivity contribution in [2.45, 2.75) is 24.0 Å². The molecule has 9 heteroatoms. The normalized spacial score (nSPS) is 14.2. The second-order valence-corrected chi connectivity index (χ2v) is 9.01. The minimum atomic E-state index is -3.66. The summed E-state index contributed by atoms with van der Waals surface area (Å²) in [7, 11) is -3.66. The van der Waals surface area contributed by atoms with Gasteiger partial charge in [-0.2, -0.15) is 5.10 Å². The van der Waals surface area contributed by atoms with Crippen LogP contribution in [0.15, 0.2) is 66.0 Å². The van der Waals surface area contributed by atoms with E-state index >= 15 is 0 Å². The van der Waals surface area contributed by atoms with Gasteiger partial charge < -0.3 is 10.4 Å². The van der Waals surface area contributed by atoms with Gasteiger partial charge in [-0.3, -0.25) is 10.1 Å². The summed E-state index contributed by atoms with van der Waals surface area (Å²) >= 11 is 0. The number of aromatic nitrogens is 3. The molecule has 4 rings (SSSR count). The van der Waals surface area contributed by atoms with Crippen molar-refractivity contribution in [2.24, 2.45) is 0 Å². The zero-order chi connectivity index (χ0) is 21.1. The summed E-state index contributed by atoms with van der Waals surface area (Å²) in [5.41, 5.74) is 1.68. The van der Waals surface area contributed by atoms with Gasteiger partial charge in [0.25, 0.3) is 0 Å². The lowest BCUT2D eigenvalue weighted by molar-refractivity contribution is 0.174. The van der Waals surface area contributed by atoms with Crippen molar-refractivity contribution in [1.82, 2.24) is 25.2 Å². The van der Waals surface area contributed by atoms with Crippen LogP contribution in [-0.2, 0) is 10.0 Å².